The summed E-state index contributed by atoms with van der Waals surface area (Å²) in [5.41, 5.74) is 0.00102. The van der Waals surface area contributed by atoms with E-state index in [2.05, 4.69) is 44.3 Å². The summed E-state index contributed by atoms with van der Waals surface area (Å²) in [5, 5.41) is 3.57. The minimum absolute atomic E-state index is 0.00102. The quantitative estimate of drug-likeness (QED) is 0.223. The first-order valence-electron chi connectivity index (χ1n) is 9.50. The summed E-state index contributed by atoms with van der Waals surface area (Å²) < 4.78 is 0. The van der Waals surface area contributed by atoms with Crippen LogP contribution in [0.15, 0.2) is 50.2 Å². The van der Waals surface area contributed by atoms with E-state index in [1.54, 1.807) is 0 Å². The zero-order chi connectivity index (χ0) is 17.2. The van der Waals surface area contributed by atoms with Gasteiger partial charge in [0.05, 0.1) is 0 Å². The van der Waals surface area contributed by atoms with E-state index in [0.29, 0.717) is 0 Å². The third kappa shape index (κ3) is 11.9. The second-order valence-corrected chi connectivity index (χ2v) is 6.57. The van der Waals surface area contributed by atoms with E-state index in [1.165, 1.54) is 51.4 Å². The van der Waals surface area contributed by atoms with Crippen molar-refractivity contribution in [3.63, 3.8) is 0 Å². The number of hydrogen-bond donors (Lipinski definition) is 1. The van der Waals surface area contributed by atoms with Gasteiger partial charge in [0.15, 0.2) is 0 Å². The number of allylic oxidation sites excluding steroid dienone is 1. The molecule has 0 saturated heterocycles. The normalized spacial score (nSPS) is 11.5. The highest BCUT2D eigenvalue weighted by Gasteiger charge is 2.23. The van der Waals surface area contributed by atoms with Gasteiger partial charge in [-0.25, -0.2) is 0 Å². The molecule has 0 aliphatic rings. The average molecular weight is 318 g/mol. The number of hydrogen-bond acceptors (Lipinski definition) is 1. The first kappa shape index (κ1) is 21.8. The monoisotopic (exact) mass is 317 g/mol. The van der Waals surface area contributed by atoms with E-state index in [0.717, 1.165) is 25.7 Å². The third-order valence-electron chi connectivity index (χ3n) is 4.34. The molecule has 0 spiro atoms. The Labute approximate surface area is 145 Å². The summed E-state index contributed by atoms with van der Waals surface area (Å²) in [6.07, 6.45) is 25.3. The highest BCUT2D eigenvalue weighted by atomic mass is 14.9. The molecule has 1 N–H and O–H groups in total. The van der Waals surface area contributed by atoms with Crippen LogP contribution in [-0.4, -0.2) is 5.54 Å². The van der Waals surface area contributed by atoms with Crippen LogP contribution in [0.25, 0.3) is 0 Å². The van der Waals surface area contributed by atoms with Crippen LogP contribution in [0.1, 0.15) is 84.0 Å². The Morgan fingerprint density at radius 2 is 1.22 bits per heavy atom. The lowest BCUT2D eigenvalue weighted by atomic mass is 9.87. The fourth-order valence-corrected chi connectivity index (χ4v) is 2.97. The molecule has 1 nitrogen and oxygen atoms in total. The van der Waals surface area contributed by atoms with Gasteiger partial charge in [0.1, 0.15) is 0 Å². The van der Waals surface area contributed by atoms with Crippen LogP contribution >= 0.6 is 0 Å². The zero-order valence-electron chi connectivity index (χ0n) is 15.5. The van der Waals surface area contributed by atoms with E-state index in [9.17, 15) is 0 Å². The molecule has 0 bridgehead atoms. The minimum atomic E-state index is 0.00102. The van der Waals surface area contributed by atoms with Crippen LogP contribution in [-0.2, 0) is 0 Å². The number of rotatable bonds is 17. The molecule has 0 amide bonds. The Kier molecular flexibility index (Phi) is 14.8. The highest BCUT2D eigenvalue weighted by Crippen LogP contribution is 2.22. The molecule has 0 fully saturated rings. The molecule has 0 rings (SSSR count). The second-order valence-electron chi connectivity index (χ2n) is 6.57. The average Bonchev–Trinajstić information content (AvgIpc) is 2.53. The van der Waals surface area contributed by atoms with Gasteiger partial charge in [-0.05, 0) is 38.3 Å². The summed E-state index contributed by atoms with van der Waals surface area (Å²) in [5.74, 6) is 0. The van der Waals surface area contributed by atoms with Crippen LogP contribution in [0.2, 0.25) is 0 Å². The van der Waals surface area contributed by atoms with E-state index >= 15 is 0 Å². The topological polar surface area (TPSA) is 12.0 Å². The minimum Gasteiger partial charge on any atom is -0.385 e. The van der Waals surface area contributed by atoms with Crippen molar-refractivity contribution in [2.24, 2.45) is 0 Å². The maximum Gasteiger partial charge on any atom is 0.0470 e. The van der Waals surface area contributed by atoms with E-state index < -0.39 is 0 Å². The highest BCUT2D eigenvalue weighted by molar-refractivity contribution is 5.04. The lowest BCUT2D eigenvalue weighted by Gasteiger charge is -2.31. The van der Waals surface area contributed by atoms with Crippen molar-refractivity contribution in [3.05, 3.63) is 50.2 Å². The van der Waals surface area contributed by atoms with Crippen LogP contribution in [0, 0.1) is 0 Å². The molecule has 0 aromatic rings. The van der Waals surface area contributed by atoms with Crippen LogP contribution in [0.4, 0.5) is 0 Å². The van der Waals surface area contributed by atoms with Gasteiger partial charge in [-0.1, -0.05) is 76.2 Å². The van der Waals surface area contributed by atoms with Gasteiger partial charge >= 0.3 is 0 Å². The summed E-state index contributed by atoms with van der Waals surface area (Å²) in [7, 11) is 0. The fraction of sp³-hybridized carbons (Fsp3) is 0.636. The Hall–Kier alpha value is -1.24. The van der Waals surface area contributed by atoms with Crippen molar-refractivity contribution in [1.82, 2.24) is 5.32 Å². The molecule has 1 heteroatoms. The summed E-state index contributed by atoms with van der Waals surface area (Å²) in [6.45, 7) is 13.9. The summed E-state index contributed by atoms with van der Waals surface area (Å²) in [4.78, 5) is 0. The number of nitrogens with one attached hydrogen (secondary N) is 1. The van der Waals surface area contributed by atoms with Gasteiger partial charge in [0.25, 0.3) is 0 Å². The van der Waals surface area contributed by atoms with E-state index in [-0.39, 0.29) is 5.54 Å². The predicted octanol–water partition coefficient (Wildman–Crippen LogP) is 7.09. The Bertz CT molecular complexity index is 300. The fourth-order valence-electron chi connectivity index (χ4n) is 2.97. The van der Waals surface area contributed by atoms with E-state index in [4.69, 9.17) is 0 Å². The Morgan fingerprint density at radius 1 is 0.739 bits per heavy atom. The van der Waals surface area contributed by atoms with Crippen molar-refractivity contribution in [3.8, 4) is 0 Å². The molecular weight excluding hydrogens is 278 g/mol. The standard InChI is InChI=1S/C22H39N/c1-5-9-10-11-12-13-14-15-16-17-21-23-22(18-6-2,19-7-3)20-8-4/h6-8,17,21,23H,2-5,9-16,18-20H2,1H3/b21-17+. The summed E-state index contributed by atoms with van der Waals surface area (Å²) >= 11 is 0. The lowest BCUT2D eigenvalue weighted by Crippen LogP contribution is -2.40. The number of unbranched alkanes of at least 4 members (excludes halogenated alkanes) is 8. The van der Waals surface area contributed by atoms with Gasteiger partial charge in [-0.3, -0.25) is 0 Å². The SMILES string of the molecule is C=CCC(CC=C)(CC=C)N/C=C/CCCCCCCCCC. The molecule has 0 unspecified atom stereocenters. The molecule has 0 aliphatic carbocycles. The van der Waals surface area contributed by atoms with Gasteiger partial charge in [0.2, 0.25) is 0 Å². The second kappa shape index (κ2) is 15.6. The van der Waals surface area contributed by atoms with Crippen LogP contribution in [0.3, 0.4) is 0 Å². The molecule has 0 atom stereocenters. The third-order valence-corrected chi connectivity index (χ3v) is 4.34. The predicted molar refractivity (Wildman–Crippen MR) is 107 cm³/mol. The van der Waals surface area contributed by atoms with Gasteiger partial charge in [-0.15, -0.1) is 19.7 Å². The van der Waals surface area contributed by atoms with Gasteiger partial charge < -0.3 is 5.32 Å². The smallest absolute Gasteiger partial charge is 0.0470 e. The molecule has 0 heterocycles. The molecule has 0 aliphatic heterocycles. The maximum absolute atomic E-state index is 3.88. The Balaban J connectivity index is 3.88. The Morgan fingerprint density at radius 3 is 1.70 bits per heavy atom. The molecule has 0 aromatic carbocycles. The molecule has 23 heavy (non-hydrogen) atoms. The van der Waals surface area contributed by atoms with Crippen molar-refractivity contribution >= 4 is 0 Å². The zero-order valence-corrected chi connectivity index (χ0v) is 15.5. The van der Waals surface area contributed by atoms with Crippen LogP contribution < -0.4 is 5.32 Å². The van der Waals surface area contributed by atoms with Crippen molar-refractivity contribution < 1.29 is 0 Å². The van der Waals surface area contributed by atoms with Crippen LogP contribution in [0.5, 0.6) is 0 Å². The van der Waals surface area contributed by atoms with Crippen molar-refractivity contribution in [1.29, 1.82) is 0 Å². The molecular formula is C22H39N. The summed E-state index contributed by atoms with van der Waals surface area (Å²) in [6, 6.07) is 0. The lowest BCUT2D eigenvalue weighted by molar-refractivity contribution is 0.375. The van der Waals surface area contributed by atoms with Crippen molar-refractivity contribution in [2.75, 3.05) is 0 Å². The molecule has 0 saturated carbocycles. The maximum atomic E-state index is 3.88. The molecule has 132 valence electrons. The molecule has 0 aromatic heterocycles. The largest absolute Gasteiger partial charge is 0.385 e. The van der Waals surface area contributed by atoms with Gasteiger partial charge in [0, 0.05) is 5.54 Å². The first-order chi connectivity index (χ1) is 11.2. The van der Waals surface area contributed by atoms with E-state index in [1.807, 2.05) is 18.2 Å². The van der Waals surface area contributed by atoms with Crippen molar-refractivity contribution in [2.45, 2.75) is 89.5 Å². The first-order valence-corrected chi connectivity index (χ1v) is 9.50. The van der Waals surface area contributed by atoms with Gasteiger partial charge in [-0.2, -0.15) is 0 Å². The molecule has 0 radical (unpaired) electrons.